The molecular formula is C18H21ClN2O3. The van der Waals surface area contributed by atoms with Crippen molar-refractivity contribution in [2.24, 2.45) is 0 Å². The summed E-state index contributed by atoms with van der Waals surface area (Å²) in [6, 6.07) is 14.5. The van der Waals surface area contributed by atoms with E-state index in [4.69, 9.17) is 16.3 Å². The number of benzene rings is 2. The molecule has 2 aromatic carbocycles. The quantitative estimate of drug-likeness (QED) is 0.683. The molecule has 0 saturated carbocycles. The predicted molar refractivity (Wildman–Crippen MR) is 94.0 cm³/mol. The Bertz CT molecular complexity index is 644. The molecule has 0 aliphatic heterocycles. The van der Waals surface area contributed by atoms with E-state index in [9.17, 15) is 9.90 Å². The largest absolute Gasteiger partial charge is 0.489 e. The van der Waals surface area contributed by atoms with Gasteiger partial charge in [-0.25, -0.2) is 0 Å². The zero-order chi connectivity index (χ0) is 17.4. The molecule has 0 heterocycles. The highest BCUT2D eigenvalue weighted by Gasteiger charge is 2.14. The number of hydrogen-bond donors (Lipinski definition) is 3. The average molecular weight is 349 g/mol. The van der Waals surface area contributed by atoms with Gasteiger partial charge in [-0.15, -0.1) is 0 Å². The molecule has 6 heteroatoms. The minimum Gasteiger partial charge on any atom is -0.489 e. The van der Waals surface area contributed by atoms with Gasteiger partial charge >= 0.3 is 0 Å². The third kappa shape index (κ3) is 5.53. The maximum absolute atomic E-state index is 11.5. The molecule has 0 aromatic heterocycles. The van der Waals surface area contributed by atoms with Crippen LogP contribution in [0.25, 0.3) is 0 Å². The van der Waals surface area contributed by atoms with E-state index in [1.165, 1.54) is 0 Å². The molecule has 2 aromatic rings. The highest BCUT2D eigenvalue weighted by atomic mass is 35.5. The fourth-order valence-corrected chi connectivity index (χ4v) is 2.23. The van der Waals surface area contributed by atoms with E-state index in [1.807, 2.05) is 48.5 Å². The lowest BCUT2D eigenvalue weighted by atomic mass is 10.2. The molecular weight excluding hydrogens is 328 g/mol. The number of amides is 1. The molecule has 1 atom stereocenters. The lowest BCUT2D eigenvalue weighted by Crippen LogP contribution is -2.44. The molecule has 0 fully saturated rings. The average Bonchev–Trinajstić information content (AvgIpc) is 2.62. The molecule has 5 nitrogen and oxygen atoms in total. The van der Waals surface area contributed by atoms with Crippen LogP contribution in [0.15, 0.2) is 48.5 Å². The number of ether oxygens (including phenoxy) is 1. The van der Waals surface area contributed by atoms with Gasteiger partial charge in [0.1, 0.15) is 18.4 Å². The third-order valence-electron chi connectivity index (χ3n) is 3.54. The number of aliphatic hydroxyl groups is 1. The Balaban J connectivity index is 1.84. The third-order valence-corrected chi connectivity index (χ3v) is 3.79. The van der Waals surface area contributed by atoms with E-state index in [0.717, 1.165) is 16.9 Å². The molecule has 0 aliphatic carbocycles. The van der Waals surface area contributed by atoms with Gasteiger partial charge in [-0.1, -0.05) is 35.9 Å². The summed E-state index contributed by atoms with van der Waals surface area (Å²) in [6.07, 6.45) is 0. The molecule has 24 heavy (non-hydrogen) atoms. The van der Waals surface area contributed by atoms with Gasteiger partial charge in [-0.05, 0) is 35.4 Å². The minimum absolute atomic E-state index is 0.236. The zero-order valence-corrected chi connectivity index (χ0v) is 14.2. The summed E-state index contributed by atoms with van der Waals surface area (Å²) in [5, 5.41) is 15.4. The summed E-state index contributed by atoms with van der Waals surface area (Å²) in [4.78, 5) is 11.5. The summed E-state index contributed by atoms with van der Waals surface area (Å²) in [7, 11) is 1.54. The summed E-state index contributed by atoms with van der Waals surface area (Å²) in [5.74, 6) is 0.527. The van der Waals surface area contributed by atoms with Crippen LogP contribution in [0.2, 0.25) is 5.02 Å². The second-order valence-corrected chi connectivity index (χ2v) is 5.73. The predicted octanol–water partition coefficient (Wildman–Crippen LogP) is 2.12. The second kappa shape index (κ2) is 9.27. The summed E-state index contributed by atoms with van der Waals surface area (Å²) in [5.41, 5.74) is 2.04. The number of rotatable bonds is 8. The Morgan fingerprint density at radius 2 is 1.75 bits per heavy atom. The number of aliphatic hydroxyl groups excluding tert-OH is 1. The number of nitrogens with one attached hydrogen (secondary N) is 2. The van der Waals surface area contributed by atoms with Gasteiger partial charge in [0.05, 0.1) is 6.61 Å². The highest BCUT2D eigenvalue weighted by molar-refractivity contribution is 6.30. The lowest BCUT2D eigenvalue weighted by molar-refractivity contribution is -0.123. The Hall–Kier alpha value is -2.08. The van der Waals surface area contributed by atoms with Crippen molar-refractivity contribution in [3.05, 3.63) is 64.7 Å². The minimum atomic E-state index is -0.615. The molecule has 0 unspecified atom stereocenters. The second-order valence-electron chi connectivity index (χ2n) is 5.29. The van der Waals surface area contributed by atoms with Crippen LogP contribution in [0, 0.1) is 0 Å². The van der Waals surface area contributed by atoms with Gasteiger partial charge in [-0.3, -0.25) is 10.1 Å². The fraction of sp³-hybridized carbons (Fsp3) is 0.278. The van der Waals surface area contributed by atoms with Crippen LogP contribution in [0.3, 0.4) is 0 Å². The van der Waals surface area contributed by atoms with Crippen LogP contribution in [0.5, 0.6) is 5.75 Å². The van der Waals surface area contributed by atoms with Crippen molar-refractivity contribution in [2.75, 3.05) is 13.7 Å². The molecule has 0 saturated heterocycles. The van der Waals surface area contributed by atoms with Crippen molar-refractivity contribution in [2.45, 2.75) is 19.2 Å². The first-order valence-electron chi connectivity index (χ1n) is 7.64. The van der Waals surface area contributed by atoms with E-state index in [1.54, 1.807) is 7.05 Å². The normalized spacial score (nSPS) is 11.8. The first-order chi connectivity index (χ1) is 11.6. The summed E-state index contributed by atoms with van der Waals surface area (Å²) in [6.45, 7) is 0.704. The molecule has 1 amide bonds. The van der Waals surface area contributed by atoms with Crippen LogP contribution in [0.1, 0.15) is 11.1 Å². The van der Waals surface area contributed by atoms with Crippen molar-refractivity contribution in [3.63, 3.8) is 0 Å². The topological polar surface area (TPSA) is 70.6 Å². The maximum Gasteiger partial charge on any atom is 0.239 e. The maximum atomic E-state index is 11.5. The Labute approximate surface area is 146 Å². The van der Waals surface area contributed by atoms with Crippen LogP contribution >= 0.6 is 11.6 Å². The van der Waals surface area contributed by atoms with Gasteiger partial charge in [0, 0.05) is 18.6 Å². The van der Waals surface area contributed by atoms with Crippen LogP contribution in [-0.2, 0) is 17.9 Å². The van der Waals surface area contributed by atoms with Crippen molar-refractivity contribution in [1.82, 2.24) is 10.6 Å². The monoisotopic (exact) mass is 348 g/mol. The lowest BCUT2D eigenvalue weighted by Gasteiger charge is -2.14. The first kappa shape index (κ1) is 18.3. The summed E-state index contributed by atoms with van der Waals surface area (Å²) < 4.78 is 5.72. The van der Waals surface area contributed by atoms with Gasteiger partial charge in [0.2, 0.25) is 5.91 Å². The van der Waals surface area contributed by atoms with Crippen LogP contribution in [0.4, 0.5) is 0 Å². The molecule has 0 aliphatic rings. The van der Waals surface area contributed by atoms with Gasteiger partial charge in [-0.2, -0.15) is 0 Å². The number of carbonyl (C=O) groups is 1. The number of likely N-dealkylation sites (N-methyl/N-ethyl adjacent to an activating group) is 1. The van der Waals surface area contributed by atoms with Crippen LogP contribution < -0.4 is 15.4 Å². The van der Waals surface area contributed by atoms with Crippen molar-refractivity contribution in [1.29, 1.82) is 0 Å². The number of carbonyl (C=O) groups excluding carboxylic acids is 1. The van der Waals surface area contributed by atoms with E-state index >= 15 is 0 Å². The van der Waals surface area contributed by atoms with E-state index in [0.29, 0.717) is 18.2 Å². The number of hydrogen-bond acceptors (Lipinski definition) is 4. The number of halogens is 1. The Morgan fingerprint density at radius 1 is 1.12 bits per heavy atom. The standard InChI is InChI=1S/C18H21ClN2O3/c1-20-18(23)17(11-22)21-10-13-4-8-16(9-5-13)24-12-14-2-6-15(19)7-3-14/h2-9,17,21-22H,10-12H2,1H3,(H,20,23)/t17-/m0/s1. The van der Waals surface area contributed by atoms with Crippen molar-refractivity contribution < 1.29 is 14.6 Å². The SMILES string of the molecule is CNC(=O)[C@H](CO)NCc1ccc(OCc2ccc(Cl)cc2)cc1. The molecule has 3 N–H and O–H groups in total. The molecule has 128 valence electrons. The highest BCUT2D eigenvalue weighted by Crippen LogP contribution is 2.15. The molecule has 2 rings (SSSR count). The van der Waals surface area contributed by atoms with Gasteiger partial charge < -0.3 is 15.2 Å². The summed E-state index contributed by atoms with van der Waals surface area (Å²) >= 11 is 5.85. The van der Waals surface area contributed by atoms with E-state index in [-0.39, 0.29) is 12.5 Å². The molecule has 0 bridgehead atoms. The Kier molecular flexibility index (Phi) is 7.06. The van der Waals surface area contributed by atoms with E-state index in [2.05, 4.69) is 10.6 Å². The Morgan fingerprint density at radius 3 is 2.33 bits per heavy atom. The molecule has 0 radical (unpaired) electrons. The van der Waals surface area contributed by atoms with Gasteiger partial charge in [0.25, 0.3) is 0 Å². The zero-order valence-electron chi connectivity index (χ0n) is 13.5. The van der Waals surface area contributed by atoms with Crippen LogP contribution in [-0.4, -0.2) is 30.7 Å². The van der Waals surface area contributed by atoms with Gasteiger partial charge in [0.15, 0.2) is 0 Å². The smallest absolute Gasteiger partial charge is 0.239 e. The first-order valence-corrected chi connectivity index (χ1v) is 8.02. The van der Waals surface area contributed by atoms with Crippen molar-refractivity contribution >= 4 is 17.5 Å². The van der Waals surface area contributed by atoms with Crippen molar-refractivity contribution in [3.8, 4) is 5.75 Å². The molecule has 0 spiro atoms. The fourth-order valence-electron chi connectivity index (χ4n) is 2.11. The van der Waals surface area contributed by atoms with E-state index < -0.39 is 6.04 Å².